The van der Waals surface area contributed by atoms with Crippen LogP contribution in [0.3, 0.4) is 0 Å². The minimum atomic E-state index is 0. The highest BCUT2D eigenvalue weighted by Crippen LogP contribution is 2.10. The monoisotopic (exact) mass is 494 g/mol. The number of aryl methyl sites for hydroxylation is 1. The summed E-state index contributed by atoms with van der Waals surface area (Å²) < 4.78 is 13.3. The van der Waals surface area contributed by atoms with Crippen LogP contribution in [0.5, 0.6) is 0 Å². The van der Waals surface area contributed by atoms with Crippen LogP contribution in [0.15, 0.2) is 4.99 Å². The van der Waals surface area contributed by atoms with Crippen LogP contribution in [0.4, 0.5) is 0 Å². The van der Waals surface area contributed by atoms with E-state index in [1.807, 2.05) is 18.5 Å². The van der Waals surface area contributed by atoms with Gasteiger partial charge in [0.05, 0.1) is 6.10 Å². The van der Waals surface area contributed by atoms with Crippen molar-refractivity contribution in [1.82, 2.24) is 25.4 Å². The average molecular weight is 494 g/mol. The first-order chi connectivity index (χ1) is 12.6. The Labute approximate surface area is 179 Å². The van der Waals surface area contributed by atoms with E-state index in [1.165, 1.54) is 0 Å². The molecule has 1 aromatic rings. The molecule has 1 aliphatic heterocycles. The van der Waals surface area contributed by atoms with Crippen LogP contribution in [0.25, 0.3) is 0 Å². The molecule has 2 rings (SSSR count). The van der Waals surface area contributed by atoms with E-state index in [0.29, 0.717) is 12.5 Å². The summed E-state index contributed by atoms with van der Waals surface area (Å²) in [6.07, 6.45) is 3.45. The van der Waals surface area contributed by atoms with Crippen LogP contribution < -0.4 is 10.6 Å². The molecule has 1 aliphatic rings. The lowest BCUT2D eigenvalue weighted by atomic mass is 10.2. The molecule has 1 aromatic heterocycles. The number of hydrogen-bond acceptors (Lipinski definition) is 5. The largest absolute Gasteiger partial charge is 0.381 e. The Morgan fingerprint density at radius 2 is 2.19 bits per heavy atom. The maximum absolute atomic E-state index is 5.68. The summed E-state index contributed by atoms with van der Waals surface area (Å²) in [5.74, 6) is 3.09. The van der Waals surface area contributed by atoms with Crippen LogP contribution in [0, 0.1) is 12.8 Å². The van der Waals surface area contributed by atoms with Crippen molar-refractivity contribution in [3.05, 3.63) is 11.6 Å². The fourth-order valence-electron chi connectivity index (χ4n) is 2.63. The van der Waals surface area contributed by atoms with Gasteiger partial charge in [-0.15, -0.1) is 34.2 Å². The smallest absolute Gasteiger partial charge is 0.191 e. The van der Waals surface area contributed by atoms with Crippen molar-refractivity contribution >= 4 is 29.9 Å². The zero-order chi connectivity index (χ0) is 18.8. The fourth-order valence-corrected chi connectivity index (χ4v) is 2.63. The van der Waals surface area contributed by atoms with Crippen molar-refractivity contribution in [2.45, 2.75) is 52.7 Å². The van der Waals surface area contributed by atoms with Crippen LogP contribution in [0.2, 0.25) is 0 Å². The maximum atomic E-state index is 5.68. The average Bonchev–Trinajstić information content (AvgIpc) is 3.24. The Bertz CT molecular complexity index is 558. The fraction of sp³-hybridized carbons (Fsp3) is 0.833. The topological polar surface area (TPSA) is 85.6 Å². The molecule has 2 heterocycles. The molecule has 1 unspecified atom stereocenters. The minimum absolute atomic E-state index is 0. The summed E-state index contributed by atoms with van der Waals surface area (Å²) >= 11 is 0. The molecule has 0 bridgehead atoms. The first kappa shape index (κ1) is 24.1. The predicted molar refractivity (Wildman–Crippen MR) is 118 cm³/mol. The lowest BCUT2D eigenvalue weighted by Crippen LogP contribution is -2.41. The van der Waals surface area contributed by atoms with Crippen molar-refractivity contribution < 1.29 is 9.47 Å². The number of nitrogens with one attached hydrogen (secondary N) is 2. The molecule has 156 valence electrons. The van der Waals surface area contributed by atoms with E-state index < -0.39 is 0 Å². The van der Waals surface area contributed by atoms with E-state index in [0.717, 1.165) is 69.8 Å². The Balaban J connectivity index is 0.00000364. The van der Waals surface area contributed by atoms with E-state index in [-0.39, 0.29) is 30.1 Å². The molecule has 1 fully saturated rings. The minimum Gasteiger partial charge on any atom is -0.381 e. The van der Waals surface area contributed by atoms with Gasteiger partial charge in [0.1, 0.15) is 12.4 Å². The van der Waals surface area contributed by atoms with Gasteiger partial charge in [0, 0.05) is 40.0 Å². The second-order valence-corrected chi connectivity index (χ2v) is 7.15. The summed E-state index contributed by atoms with van der Waals surface area (Å²) in [6.45, 7) is 10.8. The van der Waals surface area contributed by atoms with Gasteiger partial charge in [-0.2, -0.15) is 0 Å². The molecule has 27 heavy (non-hydrogen) atoms. The van der Waals surface area contributed by atoms with Gasteiger partial charge in [-0.3, -0.25) is 0 Å². The second-order valence-electron chi connectivity index (χ2n) is 7.15. The normalized spacial score (nSPS) is 17.2. The summed E-state index contributed by atoms with van der Waals surface area (Å²) in [7, 11) is 1.96. The molecule has 0 aromatic carbocycles. The lowest BCUT2D eigenvalue weighted by molar-refractivity contribution is 0.108. The third-order valence-corrected chi connectivity index (χ3v) is 4.29. The zero-order valence-corrected chi connectivity index (χ0v) is 19.4. The number of hydrogen-bond donors (Lipinski definition) is 2. The second kappa shape index (κ2) is 13.3. The van der Waals surface area contributed by atoms with Crippen LogP contribution in [0.1, 0.15) is 44.8 Å². The Kier molecular flexibility index (Phi) is 11.8. The molecule has 0 spiro atoms. The van der Waals surface area contributed by atoms with Crippen molar-refractivity contribution in [3.63, 3.8) is 0 Å². The van der Waals surface area contributed by atoms with Gasteiger partial charge in [0.25, 0.3) is 0 Å². The molecule has 8 nitrogen and oxygen atoms in total. The van der Waals surface area contributed by atoms with E-state index >= 15 is 0 Å². The highest BCUT2D eigenvalue weighted by molar-refractivity contribution is 14.0. The van der Waals surface area contributed by atoms with E-state index in [1.54, 1.807) is 0 Å². The molecule has 1 saturated heterocycles. The number of rotatable bonds is 10. The Morgan fingerprint density at radius 3 is 2.81 bits per heavy atom. The maximum Gasteiger partial charge on any atom is 0.191 e. The first-order valence-corrected chi connectivity index (χ1v) is 9.62. The van der Waals surface area contributed by atoms with E-state index in [9.17, 15) is 0 Å². The molecule has 2 N–H and O–H groups in total. The van der Waals surface area contributed by atoms with Crippen molar-refractivity contribution in [1.29, 1.82) is 0 Å². The summed E-state index contributed by atoms with van der Waals surface area (Å²) in [6, 6.07) is 0. The number of aromatic nitrogens is 3. The van der Waals surface area contributed by atoms with Crippen molar-refractivity contribution in [3.8, 4) is 0 Å². The molecule has 9 heteroatoms. The lowest BCUT2D eigenvalue weighted by Gasteiger charge is -2.16. The van der Waals surface area contributed by atoms with Gasteiger partial charge < -0.3 is 24.7 Å². The van der Waals surface area contributed by atoms with Gasteiger partial charge in [-0.25, -0.2) is 4.99 Å². The number of nitrogens with zero attached hydrogens (tertiary/aromatic N) is 4. The van der Waals surface area contributed by atoms with Gasteiger partial charge in [-0.1, -0.05) is 13.8 Å². The highest BCUT2D eigenvalue weighted by atomic mass is 127. The Hall–Kier alpha value is -0.940. The molecule has 0 aliphatic carbocycles. The number of aliphatic imine (C=N–C) groups is 1. The van der Waals surface area contributed by atoms with Crippen molar-refractivity contribution in [2.24, 2.45) is 18.0 Å². The zero-order valence-electron chi connectivity index (χ0n) is 17.0. The van der Waals surface area contributed by atoms with Crippen LogP contribution >= 0.6 is 24.0 Å². The number of guanidine groups is 1. The molecular weight excluding hydrogens is 459 g/mol. The van der Waals surface area contributed by atoms with Crippen LogP contribution in [-0.4, -0.2) is 59.7 Å². The summed E-state index contributed by atoms with van der Waals surface area (Å²) in [5.41, 5.74) is 0. The molecular formula is C18H35IN6O2. The highest BCUT2D eigenvalue weighted by Gasteiger charge is 2.15. The van der Waals surface area contributed by atoms with Crippen LogP contribution in [-0.2, 0) is 23.1 Å². The third-order valence-electron chi connectivity index (χ3n) is 4.29. The van der Waals surface area contributed by atoms with Crippen molar-refractivity contribution in [2.75, 3.05) is 32.9 Å². The van der Waals surface area contributed by atoms with Gasteiger partial charge in [0.15, 0.2) is 11.8 Å². The third kappa shape index (κ3) is 9.20. The number of ether oxygens (including phenoxy) is 2. The van der Waals surface area contributed by atoms with E-state index in [2.05, 4.69) is 39.7 Å². The molecule has 0 radical (unpaired) electrons. The number of halogens is 1. The quantitative estimate of drug-likeness (QED) is 0.224. The standard InChI is InChI=1S/C18H34N6O2.HI/c1-14(2)13-25-9-6-8-19-18(20-11-16-7-5-10-26-16)21-12-17-23-22-15(3)24(17)4;/h14,16H,5-13H2,1-4H3,(H2,19,20,21);1H. The Morgan fingerprint density at radius 1 is 1.37 bits per heavy atom. The van der Waals surface area contributed by atoms with Gasteiger partial charge in [-0.05, 0) is 32.1 Å². The van der Waals surface area contributed by atoms with Gasteiger partial charge in [0.2, 0.25) is 0 Å². The first-order valence-electron chi connectivity index (χ1n) is 9.62. The van der Waals surface area contributed by atoms with Gasteiger partial charge >= 0.3 is 0 Å². The molecule has 0 amide bonds. The SMILES string of the molecule is Cc1nnc(CN=C(NCCCOCC(C)C)NCC2CCCO2)n1C.I. The predicted octanol–water partition coefficient (Wildman–Crippen LogP) is 2.02. The summed E-state index contributed by atoms with van der Waals surface area (Å²) in [4.78, 5) is 4.65. The molecule has 1 atom stereocenters. The summed E-state index contributed by atoms with van der Waals surface area (Å²) in [5, 5.41) is 15.0. The molecule has 0 saturated carbocycles. The van der Waals surface area contributed by atoms with E-state index in [4.69, 9.17) is 9.47 Å².